The lowest BCUT2D eigenvalue weighted by molar-refractivity contribution is -0.118. The van der Waals surface area contributed by atoms with Crippen LogP contribution in [0.5, 0.6) is 5.75 Å². The Labute approximate surface area is 117 Å². The minimum absolute atomic E-state index is 0.0742. The van der Waals surface area contributed by atoms with Crippen LogP contribution >= 0.6 is 11.6 Å². The van der Waals surface area contributed by atoms with Gasteiger partial charge in [0.15, 0.2) is 0 Å². The molecule has 0 heterocycles. The quantitative estimate of drug-likeness (QED) is 0.495. The van der Waals surface area contributed by atoms with E-state index in [2.05, 4.69) is 10.3 Å². The van der Waals surface area contributed by atoms with Gasteiger partial charge in [-0.3, -0.25) is 4.79 Å². The van der Waals surface area contributed by atoms with Crippen LogP contribution in [0.2, 0.25) is 0 Å². The fourth-order valence-corrected chi connectivity index (χ4v) is 1.39. The number of halogens is 1. The van der Waals surface area contributed by atoms with Gasteiger partial charge >= 0.3 is 0 Å². The van der Waals surface area contributed by atoms with Crippen molar-refractivity contribution in [2.45, 2.75) is 13.8 Å². The van der Waals surface area contributed by atoms with Crippen molar-refractivity contribution in [3.05, 3.63) is 18.2 Å². The van der Waals surface area contributed by atoms with Crippen LogP contribution in [0.15, 0.2) is 23.2 Å². The largest absolute Gasteiger partial charge is 0.494 e. The highest BCUT2D eigenvalue weighted by Crippen LogP contribution is 2.29. The number of alkyl halides is 1. The predicted molar refractivity (Wildman–Crippen MR) is 78.5 cm³/mol. The first kappa shape index (κ1) is 15.3. The van der Waals surface area contributed by atoms with E-state index >= 15 is 0 Å². The molecule has 0 aliphatic carbocycles. The number of benzene rings is 1. The zero-order valence-corrected chi connectivity index (χ0v) is 12.0. The second kappa shape index (κ2) is 6.99. The molecule has 0 radical (unpaired) electrons. The summed E-state index contributed by atoms with van der Waals surface area (Å²) in [6.07, 6.45) is 0. The van der Waals surface area contributed by atoms with Crippen molar-refractivity contribution < 1.29 is 9.53 Å². The lowest BCUT2D eigenvalue weighted by atomic mass is 10.2. The molecule has 0 saturated heterocycles. The number of ether oxygens (including phenoxy) is 1. The Hall–Kier alpha value is -1.75. The number of rotatable bonds is 5. The molecule has 0 atom stereocenters. The molecule has 0 saturated carbocycles. The molecule has 19 heavy (non-hydrogen) atoms. The first-order valence-corrected chi connectivity index (χ1v) is 6.39. The van der Waals surface area contributed by atoms with Gasteiger partial charge < -0.3 is 15.8 Å². The molecule has 0 unspecified atom stereocenters. The molecule has 104 valence electrons. The van der Waals surface area contributed by atoms with Crippen LogP contribution < -0.4 is 15.8 Å². The van der Waals surface area contributed by atoms with Gasteiger partial charge in [-0.05, 0) is 12.1 Å². The average Bonchev–Trinajstić information content (AvgIpc) is 2.39. The maximum Gasteiger partial charge on any atom is 0.227 e. The van der Waals surface area contributed by atoms with E-state index in [-0.39, 0.29) is 17.7 Å². The molecular weight excluding hydrogens is 266 g/mol. The highest BCUT2D eigenvalue weighted by molar-refractivity contribution is 6.28. The number of amides is 1. The second-order valence-electron chi connectivity index (χ2n) is 4.27. The summed E-state index contributed by atoms with van der Waals surface area (Å²) in [5.74, 6) is 0.832. The van der Waals surface area contributed by atoms with Gasteiger partial charge in [-0.1, -0.05) is 13.8 Å². The summed E-state index contributed by atoms with van der Waals surface area (Å²) in [5, 5.41) is 2.79. The standard InChI is InChI=1S/C13H18ClN3O2/c1-8(2)13(18)17-10-5-4-9(6-11(10)19-3)16-12(15)7-14/h4-6,8H,7H2,1-3H3,(H2,15,16)(H,17,18). The predicted octanol–water partition coefficient (Wildman–Crippen LogP) is 2.52. The van der Waals surface area contributed by atoms with E-state index in [0.717, 1.165) is 0 Å². The first-order valence-electron chi connectivity index (χ1n) is 5.85. The Bertz CT molecular complexity index is 487. The van der Waals surface area contributed by atoms with Crippen LogP contribution in [0.1, 0.15) is 13.8 Å². The molecule has 0 fully saturated rings. The van der Waals surface area contributed by atoms with E-state index in [0.29, 0.717) is 23.0 Å². The molecule has 0 bridgehead atoms. The molecule has 1 amide bonds. The Kier molecular flexibility index (Phi) is 5.63. The summed E-state index contributed by atoms with van der Waals surface area (Å²) in [4.78, 5) is 15.8. The number of carbonyl (C=O) groups excluding carboxylic acids is 1. The van der Waals surface area contributed by atoms with Gasteiger partial charge in [-0.15, -0.1) is 11.6 Å². The Morgan fingerprint density at radius 3 is 2.74 bits per heavy atom. The number of methoxy groups -OCH3 is 1. The minimum atomic E-state index is -0.103. The number of nitrogens with zero attached hydrogens (tertiary/aromatic N) is 1. The molecule has 0 aromatic heterocycles. The summed E-state index contributed by atoms with van der Waals surface area (Å²) in [7, 11) is 1.53. The van der Waals surface area contributed by atoms with Crippen molar-refractivity contribution in [1.82, 2.24) is 0 Å². The molecular formula is C13H18ClN3O2. The zero-order valence-electron chi connectivity index (χ0n) is 11.2. The van der Waals surface area contributed by atoms with E-state index in [1.165, 1.54) is 7.11 Å². The third-order valence-corrected chi connectivity index (χ3v) is 2.65. The smallest absolute Gasteiger partial charge is 0.227 e. The van der Waals surface area contributed by atoms with Crippen LogP contribution in [0, 0.1) is 5.92 Å². The summed E-state index contributed by atoms with van der Waals surface area (Å²) in [5.41, 5.74) is 6.79. The van der Waals surface area contributed by atoms with Gasteiger partial charge in [0.2, 0.25) is 5.91 Å². The number of anilines is 1. The highest BCUT2D eigenvalue weighted by Gasteiger charge is 2.11. The molecule has 1 aromatic carbocycles. The second-order valence-corrected chi connectivity index (χ2v) is 4.53. The van der Waals surface area contributed by atoms with Gasteiger partial charge in [0, 0.05) is 12.0 Å². The third kappa shape index (κ3) is 4.44. The van der Waals surface area contributed by atoms with Gasteiger partial charge in [-0.25, -0.2) is 4.99 Å². The van der Waals surface area contributed by atoms with E-state index in [9.17, 15) is 4.79 Å². The molecule has 0 aliphatic heterocycles. The van der Waals surface area contributed by atoms with Crippen molar-refractivity contribution in [3.63, 3.8) is 0 Å². The van der Waals surface area contributed by atoms with Crippen LogP contribution in [-0.2, 0) is 4.79 Å². The number of aliphatic imine (C=N–C) groups is 1. The summed E-state index contributed by atoms with van der Waals surface area (Å²) >= 11 is 5.57. The molecule has 0 aliphatic rings. The Morgan fingerprint density at radius 2 is 2.21 bits per heavy atom. The van der Waals surface area contributed by atoms with Gasteiger partial charge in [0.25, 0.3) is 0 Å². The van der Waals surface area contributed by atoms with E-state index in [4.69, 9.17) is 22.1 Å². The molecule has 6 heteroatoms. The van der Waals surface area contributed by atoms with E-state index < -0.39 is 0 Å². The number of amidine groups is 1. The number of nitrogens with one attached hydrogen (secondary N) is 1. The number of nitrogens with two attached hydrogens (primary N) is 1. The fraction of sp³-hybridized carbons (Fsp3) is 0.385. The van der Waals surface area contributed by atoms with Crippen molar-refractivity contribution in [2.24, 2.45) is 16.6 Å². The van der Waals surface area contributed by atoms with E-state index in [1.807, 2.05) is 13.8 Å². The lowest BCUT2D eigenvalue weighted by Gasteiger charge is -2.12. The lowest BCUT2D eigenvalue weighted by Crippen LogP contribution is -2.18. The monoisotopic (exact) mass is 283 g/mol. The van der Waals surface area contributed by atoms with Crippen LogP contribution in [0.25, 0.3) is 0 Å². The van der Waals surface area contributed by atoms with Crippen molar-refractivity contribution in [1.29, 1.82) is 0 Å². The zero-order chi connectivity index (χ0) is 14.4. The first-order chi connectivity index (χ1) is 8.97. The normalized spacial score (nSPS) is 11.5. The molecule has 3 N–H and O–H groups in total. The van der Waals surface area contributed by atoms with E-state index in [1.54, 1.807) is 18.2 Å². The fourth-order valence-electron chi connectivity index (χ4n) is 1.33. The van der Waals surface area contributed by atoms with Crippen molar-refractivity contribution in [2.75, 3.05) is 18.3 Å². The summed E-state index contributed by atoms with van der Waals surface area (Å²) in [6.45, 7) is 3.64. The third-order valence-electron chi connectivity index (χ3n) is 2.38. The molecule has 1 aromatic rings. The maximum atomic E-state index is 11.7. The number of hydrogen-bond acceptors (Lipinski definition) is 3. The topological polar surface area (TPSA) is 76.7 Å². The van der Waals surface area contributed by atoms with Gasteiger partial charge in [0.1, 0.15) is 11.6 Å². The summed E-state index contributed by atoms with van der Waals surface area (Å²) < 4.78 is 5.22. The summed E-state index contributed by atoms with van der Waals surface area (Å²) in [6, 6.07) is 5.15. The highest BCUT2D eigenvalue weighted by atomic mass is 35.5. The van der Waals surface area contributed by atoms with Crippen LogP contribution in [0.4, 0.5) is 11.4 Å². The van der Waals surface area contributed by atoms with Crippen molar-refractivity contribution >= 4 is 34.7 Å². The molecule has 0 spiro atoms. The van der Waals surface area contributed by atoms with Crippen LogP contribution in [0.3, 0.4) is 0 Å². The van der Waals surface area contributed by atoms with Gasteiger partial charge in [0.05, 0.1) is 24.4 Å². The Morgan fingerprint density at radius 1 is 1.53 bits per heavy atom. The minimum Gasteiger partial charge on any atom is -0.494 e. The van der Waals surface area contributed by atoms with Crippen molar-refractivity contribution in [3.8, 4) is 5.75 Å². The number of carbonyl (C=O) groups is 1. The maximum absolute atomic E-state index is 11.7. The average molecular weight is 284 g/mol. The number of hydrogen-bond donors (Lipinski definition) is 2. The van der Waals surface area contributed by atoms with Gasteiger partial charge in [-0.2, -0.15) is 0 Å². The van der Waals surface area contributed by atoms with Crippen LogP contribution in [-0.4, -0.2) is 24.7 Å². The molecule has 1 rings (SSSR count). The Balaban J connectivity index is 3.00. The molecule has 5 nitrogen and oxygen atoms in total. The SMILES string of the molecule is COc1cc(N=C(N)CCl)ccc1NC(=O)C(C)C.